The second-order valence-corrected chi connectivity index (χ2v) is 20.9. The SMILES string of the molecule is CN(C)c1nc(N)nc(NC2=CCC=C2)n1.CN(C)c1nc(NC2=CCC=C2)nc(N(C)C)n1.CN(C1=CCC=C1)c1nc(N)nc(N)n1.CNc1nc(N)nc(N(C)C2=CCC=C2)n1.CNc1nc(N)nc(NC2=CCC=C2)n1.CNc1nc(NC)nc(NC2=CCC=C2)n1. The number of nitrogens with one attached hydrogen (secondary N) is 8. The van der Waals surface area contributed by atoms with E-state index in [1.165, 1.54) is 0 Å². The monoisotopic (exact) mass is 1310 g/mol. The number of rotatable bonds is 19. The Morgan fingerprint density at radius 2 is 0.500 bits per heavy atom. The molecule has 6 aromatic rings. The Morgan fingerprint density at radius 3 is 0.833 bits per heavy atom. The largest absolute Gasteiger partial charge is 0.368 e. The zero-order valence-corrected chi connectivity index (χ0v) is 55.8. The molecular weight excluding hydrogens is 1220 g/mol. The molecule has 0 amide bonds. The molecule has 0 atom stereocenters. The number of hydrogen-bond donors (Lipinski definition) is 13. The van der Waals surface area contributed by atoms with Gasteiger partial charge in [-0.05, 0) is 75.0 Å². The maximum Gasteiger partial charge on any atom is 0.236 e. The fourth-order valence-electron chi connectivity index (χ4n) is 8.19. The van der Waals surface area contributed by atoms with E-state index in [0.717, 1.165) is 72.7 Å². The van der Waals surface area contributed by atoms with E-state index in [-0.39, 0.29) is 29.7 Å². The highest BCUT2D eigenvalue weighted by Crippen LogP contribution is 2.23. The maximum absolute atomic E-state index is 5.61. The second kappa shape index (κ2) is 35.2. The van der Waals surface area contributed by atoms with Crippen LogP contribution in [-0.2, 0) is 0 Å². The van der Waals surface area contributed by atoms with Gasteiger partial charge < -0.3 is 95.7 Å². The zero-order valence-electron chi connectivity index (χ0n) is 55.8. The summed E-state index contributed by atoms with van der Waals surface area (Å²) in [5.41, 5.74) is 33.8. The van der Waals surface area contributed by atoms with E-state index in [0.29, 0.717) is 77.3 Å². The van der Waals surface area contributed by atoms with Gasteiger partial charge in [0.05, 0.1) is 0 Å². The molecule has 6 aliphatic rings. The fourth-order valence-corrected chi connectivity index (χ4v) is 8.19. The molecule has 0 aromatic carbocycles. The highest BCUT2D eigenvalue weighted by atomic mass is 15.4. The van der Waals surface area contributed by atoms with Crippen LogP contribution in [0.15, 0.2) is 144 Å². The van der Waals surface area contributed by atoms with Crippen molar-refractivity contribution in [2.75, 3.05) is 180 Å². The molecule has 0 saturated heterocycles. The van der Waals surface area contributed by atoms with Crippen molar-refractivity contribution in [1.82, 2.24) is 89.7 Å². The lowest BCUT2D eigenvalue weighted by atomic mass is 10.4. The molecule has 504 valence electrons. The number of aromatic nitrogens is 18. The third-order valence-corrected chi connectivity index (χ3v) is 12.9. The van der Waals surface area contributed by atoms with Gasteiger partial charge in [0, 0.05) is 119 Å². The fraction of sp³-hybridized carbons (Fsp3) is 0.300. The maximum atomic E-state index is 5.61. The summed E-state index contributed by atoms with van der Waals surface area (Å²) in [6.07, 6.45) is 42.4. The van der Waals surface area contributed by atoms with E-state index in [9.17, 15) is 0 Å². The zero-order chi connectivity index (χ0) is 69.1. The molecule has 96 heavy (non-hydrogen) atoms. The predicted molar refractivity (Wildman–Crippen MR) is 385 cm³/mol. The molecule has 6 aliphatic carbocycles. The van der Waals surface area contributed by atoms with Crippen LogP contribution in [0, 0.1) is 0 Å². The summed E-state index contributed by atoms with van der Waals surface area (Å²) >= 11 is 0. The molecule has 0 bridgehead atoms. The molecule has 0 radical (unpaired) electrons. The van der Waals surface area contributed by atoms with Crippen LogP contribution < -0.4 is 95.7 Å². The number of allylic oxidation sites excluding steroid dienone is 18. The number of likely N-dealkylation sites (N-methyl/N-ethyl adjacent to an activating group) is 2. The standard InChI is InChI=1S/C12H18N6.3C10H14N6.2C9H12N6/c1-17(2)11-14-10(13-9-7-5-6-8-9)15-12(16-11)18(3)4;1-16(2)10-14-8(11)13-9(15-10)12-7-5-3-4-6-7;1-12-9-13-8(11)14-10(15-9)16(2)7-5-3-4-6-7;1-11-8-14-9(12-2)16-10(15-8)13-7-5-3-4-6-7;1-15(6-4-2-3-5-6)9-13-7(10)12-8(11)14-9;1-11-8-13-7(10)14-9(15-8)12-6-4-2-3-5-6/h5,7-8H,6H2,1-4H3,(H,13,14,15,16);2*3,5-6H,4H2,1-2H3,(H3,11,12,13,14,15);3,5-6H,4H2,1-2H3,(H3,11,12,13,14,15,16);2,4-5H,3H2,1H3,(H4,10,11,12,13,14);2,4-5H,3H2,1H3,(H4,10,11,12,13,14,15). The average Bonchev–Trinajstić information content (AvgIpc) is 1.19. The molecule has 0 fully saturated rings. The molecule has 36 nitrogen and oxygen atoms in total. The number of nitrogen functional groups attached to an aromatic ring is 5. The highest BCUT2D eigenvalue weighted by Gasteiger charge is 2.16. The van der Waals surface area contributed by atoms with Gasteiger partial charge in [-0.25, -0.2) is 0 Å². The molecule has 0 spiro atoms. The molecule has 0 unspecified atom stereocenters. The van der Waals surface area contributed by atoms with Crippen LogP contribution in [0.1, 0.15) is 38.5 Å². The Kier molecular flexibility index (Phi) is 26.0. The van der Waals surface area contributed by atoms with Crippen molar-refractivity contribution in [2.24, 2.45) is 0 Å². The van der Waals surface area contributed by atoms with Crippen LogP contribution in [0.2, 0.25) is 0 Å². The number of nitrogens with two attached hydrogens (primary N) is 5. The van der Waals surface area contributed by atoms with E-state index >= 15 is 0 Å². The first-order valence-corrected chi connectivity index (χ1v) is 30.0. The normalized spacial score (nSPS) is 13.7. The van der Waals surface area contributed by atoms with E-state index in [2.05, 4.69) is 193 Å². The van der Waals surface area contributed by atoms with Crippen molar-refractivity contribution in [3.05, 3.63) is 144 Å². The van der Waals surface area contributed by atoms with Crippen molar-refractivity contribution in [3.8, 4) is 0 Å². The molecule has 6 heterocycles. The first-order chi connectivity index (χ1) is 46.2. The Hall–Kier alpha value is -12.7. The van der Waals surface area contributed by atoms with Gasteiger partial charge in [-0.2, -0.15) is 89.7 Å². The lowest BCUT2D eigenvalue weighted by Gasteiger charge is -2.17. The minimum absolute atomic E-state index is 0.131. The van der Waals surface area contributed by atoms with Gasteiger partial charge in [0.2, 0.25) is 107 Å². The van der Waals surface area contributed by atoms with Crippen LogP contribution in [0.5, 0.6) is 0 Å². The smallest absolute Gasteiger partial charge is 0.236 e. The van der Waals surface area contributed by atoms with Crippen molar-refractivity contribution in [1.29, 1.82) is 0 Å². The van der Waals surface area contributed by atoms with Gasteiger partial charge in [0.15, 0.2) is 0 Å². The Labute approximate surface area is 557 Å². The summed E-state index contributed by atoms with van der Waals surface area (Å²) in [6, 6.07) is 0. The topological polar surface area (TPSA) is 475 Å². The predicted octanol–water partition coefficient (Wildman–Crippen LogP) is 5.09. The third kappa shape index (κ3) is 22.3. The Bertz CT molecular complexity index is 3900. The van der Waals surface area contributed by atoms with E-state index in [4.69, 9.17) is 28.7 Å². The minimum atomic E-state index is 0.131. The molecular formula is C60H84N36. The quantitative estimate of drug-likeness (QED) is 0.0502. The van der Waals surface area contributed by atoms with Crippen LogP contribution in [0.4, 0.5) is 107 Å². The molecule has 18 N–H and O–H groups in total. The highest BCUT2D eigenvalue weighted by molar-refractivity contribution is 5.54. The van der Waals surface area contributed by atoms with Gasteiger partial charge in [-0.3, -0.25) is 0 Å². The summed E-state index contributed by atoms with van der Waals surface area (Å²) in [4.78, 5) is 83.1. The summed E-state index contributed by atoms with van der Waals surface area (Å²) in [6.45, 7) is 0. The third-order valence-electron chi connectivity index (χ3n) is 12.9. The minimum Gasteiger partial charge on any atom is -0.368 e. The molecule has 36 heteroatoms. The molecule has 12 rings (SSSR count). The van der Waals surface area contributed by atoms with Crippen molar-refractivity contribution in [2.45, 2.75) is 38.5 Å². The summed E-state index contributed by atoms with van der Waals surface area (Å²) in [5, 5.41) is 23.9. The van der Waals surface area contributed by atoms with Gasteiger partial charge in [-0.15, -0.1) is 0 Å². The second-order valence-electron chi connectivity index (χ2n) is 20.9. The van der Waals surface area contributed by atoms with Crippen molar-refractivity contribution >= 4 is 107 Å². The van der Waals surface area contributed by atoms with E-state index < -0.39 is 0 Å². The number of anilines is 18. The molecule has 0 aliphatic heterocycles. The number of hydrogen-bond acceptors (Lipinski definition) is 36. The lowest BCUT2D eigenvalue weighted by Crippen LogP contribution is -2.19. The van der Waals surface area contributed by atoms with Crippen molar-refractivity contribution < 1.29 is 0 Å². The van der Waals surface area contributed by atoms with Gasteiger partial charge in [0.1, 0.15) is 0 Å². The Morgan fingerprint density at radius 1 is 0.260 bits per heavy atom. The van der Waals surface area contributed by atoms with Gasteiger partial charge in [0.25, 0.3) is 0 Å². The first kappa shape index (κ1) is 70.8. The van der Waals surface area contributed by atoms with E-state index in [1.807, 2.05) is 125 Å². The summed E-state index contributed by atoms with van der Waals surface area (Å²) < 4.78 is 0. The average molecular weight is 1310 g/mol. The van der Waals surface area contributed by atoms with Crippen LogP contribution in [0.3, 0.4) is 0 Å². The van der Waals surface area contributed by atoms with Crippen LogP contribution in [-0.4, -0.2) is 174 Å². The first-order valence-electron chi connectivity index (χ1n) is 30.0. The molecule has 0 saturated carbocycles. The summed E-state index contributed by atoms with van der Waals surface area (Å²) in [5.74, 6) is 7.68. The van der Waals surface area contributed by atoms with Crippen LogP contribution >= 0.6 is 0 Å². The van der Waals surface area contributed by atoms with E-state index in [1.54, 1.807) is 33.1 Å². The molecule has 6 aromatic heterocycles. The van der Waals surface area contributed by atoms with Gasteiger partial charge in [-0.1, -0.05) is 72.9 Å². The Balaban J connectivity index is 0.000000163. The van der Waals surface area contributed by atoms with Gasteiger partial charge >= 0.3 is 0 Å². The van der Waals surface area contributed by atoms with Crippen molar-refractivity contribution in [3.63, 3.8) is 0 Å². The van der Waals surface area contributed by atoms with Crippen LogP contribution in [0.25, 0.3) is 0 Å². The number of nitrogens with zero attached hydrogens (tertiary/aromatic N) is 23. The lowest BCUT2D eigenvalue weighted by molar-refractivity contribution is 0.918. The summed E-state index contributed by atoms with van der Waals surface area (Å²) in [7, 11) is 22.1.